The molecule has 3 heteroatoms. The van der Waals surface area contributed by atoms with Gasteiger partial charge in [0.15, 0.2) is 6.29 Å². The molecule has 3 nitrogen and oxygen atoms in total. The van der Waals surface area contributed by atoms with Gasteiger partial charge in [-0.05, 0) is 5.56 Å². The third-order valence-electron chi connectivity index (χ3n) is 3.64. The van der Waals surface area contributed by atoms with E-state index in [0.717, 1.165) is 11.1 Å². The maximum Gasteiger partial charge on any atom is 0.198 e. The highest BCUT2D eigenvalue weighted by Gasteiger charge is 2.31. The van der Waals surface area contributed by atoms with Gasteiger partial charge in [0, 0.05) is 17.9 Å². The van der Waals surface area contributed by atoms with E-state index in [1.165, 1.54) is 0 Å². The number of hydrogen-bond donors (Lipinski definition) is 1. The van der Waals surface area contributed by atoms with Crippen LogP contribution in [-0.2, 0) is 4.74 Å². The zero-order valence-electron chi connectivity index (χ0n) is 11.4. The zero-order chi connectivity index (χ0) is 14.7. The monoisotopic (exact) mass is 277 g/mol. The predicted molar refractivity (Wildman–Crippen MR) is 79.9 cm³/mol. The molecule has 0 amide bonds. The van der Waals surface area contributed by atoms with Crippen molar-refractivity contribution in [2.45, 2.75) is 18.6 Å². The van der Waals surface area contributed by atoms with Crippen molar-refractivity contribution in [3.8, 4) is 6.07 Å². The van der Waals surface area contributed by atoms with Crippen molar-refractivity contribution >= 4 is 5.76 Å². The molecule has 2 aromatic carbocycles. The Morgan fingerprint density at radius 1 is 1.00 bits per heavy atom. The molecule has 0 fully saturated rings. The molecular weight excluding hydrogens is 262 g/mol. The number of ether oxygens (including phenoxy) is 1. The highest BCUT2D eigenvalue weighted by molar-refractivity contribution is 5.69. The Balaban J connectivity index is 2.11. The first-order valence-electron chi connectivity index (χ1n) is 6.89. The highest BCUT2D eigenvalue weighted by atomic mass is 16.6. The van der Waals surface area contributed by atoms with Gasteiger partial charge in [-0.25, -0.2) is 0 Å². The summed E-state index contributed by atoms with van der Waals surface area (Å²) >= 11 is 0. The van der Waals surface area contributed by atoms with E-state index >= 15 is 0 Å². The summed E-state index contributed by atoms with van der Waals surface area (Å²) in [7, 11) is 0. The van der Waals surface area contributed by atoms with Crippen molar-refractivity contribution in [3.05, 3.63) is 77.4 Å². The van der Waals surface area contributed by atoms with Crippen LogP contribution in [0.3, 0.4) is 0 Å². The lowest BCUT2D eigenvalue weighted by molar-refractivity contribution is -0.0545. The minimum Gasteiger partial charge on any atom is -0.463 e. The van der Waals surface area contributed by atoms with Crippen LogP contribution in [-0.4, -0.2) is 11.4 Å². The van der Waals surface area contributed by atoms with Crippen LogP contribution in [0, 0.1) is 11.3 Å². The standard InChI is InChI=1S/C18H15NO2/c19-12-16-15(13-7-3-1-4-8-13)11-17(20)21-18(16)14-9-5-2-6-10-14/h1-10,15,17,20H,11H2/t15-,17+/m1/s1. The molecule has 0 radical (unpaired) electrons. The number of allylic oxidation sites excluding steroid dienone is 1. The molecule has 104 valence electrons. The van der Waals surface area contributed by atoms with Gasteiger partial charge in [0.1, 0.15) is 5.76 Å². The quantitative estimate of drug-likeness (QED) is 0.914. The minimum atomic E-state index is -0.900. The van der Waals surface area contributed by atoms with Gasteiger partial charge in [-0.1, -0.05) is 60.7 Å². The third kappa shape index (κ3) is 2.67. The Hall–Kier alpha value is -2.57. The molecule has 1 aliphatic rings. The molecule has 3 rings (SSSR count). The van der Waals surface area contributed by atoms with E-state index in [-0.39, 0.29) is 5.92 Å². The summed E-state index contributed by atoms with van der Waals surface area (Å²) in [6.07, 6.45) is -0.508. The van der Waals surface area contributed by atoms with Crippen LogP contribution in [0.4, 0.5) is 0 Å². The maximum atomic E-state index is 10.0. The van der Waals surface area contributed by atoms with Gasteiger partial charge in [0.25, 0.3) is 0 Å². The molecule has 1 aliphatic heterocycles. The molecule has 0 bridgehead atoms. The lowest BCUT2D eigenvalue weighted by atomic mass is 9.85. The first-order valence-corrected chi connectivity index (χ1v) is 6.89. The lowest BCUT2D eigenvalue weighted by Gasteiger charge is -2.29. The smallest absolute Gasteiger partial charge is 0.198 e. The lowest BCUT2D eigenvalue weighted by Crippen LogP contribution is -2.23. The molecule has 0 aromatic heterocycles. The Morgan fingerprint density at radius 2 is 1.62 bits per heavy atom. The molecule has 0 saturated heterocycles. The summed E-state index contributed by atoms with van der Waals surface area (Å²) in [4.78, 5) is 0. The molecule has 2 atom stereocenters. The predicted octanol–water partition coefficient (Wildman–Crippen LogP) is 3.44. The molecule has 0 spiro atoms. The van der Waals surface area contributed by atoms with Crippen molar-refractivity contribution in [3.63, 3.8) is 0 Å². The maximum absolute atomic E-state index is 10.0. The molecular formula is C18H15NO2. The van der Waals surface area contributed by atoms with Gasteiger partial charge in [-0.2, -0.15) is 5.26 Å². The van der Waals surface area contributed by atoms with Crippen LogP contribution in [0.1, 0.15) is 23.5 Å². The fourth-order valence-electron chi connectivity index (χ4n) is 2.66. The number of rotatable bonds is 2. The summed E-state index contributed by atoms with van der Waals surface area (Å²) < 4.78 is 5.54. The summed E-state index contributed by atoms with van der Waals surface area (Å²) in [5.41, 5.74) is 2.40. The second kappa shape index (κ2) is 5.82. The number of hydrogen-bond acceptors (Lipinski definition) is 3. The molecule has 0 saturated carbocycles. The fourth-order valence-corrected chi connectivity index (χ4v) is 2.66. The first kappa shape index (κ1) is 13.4. The van der Waals surface area contributed by atoms with Gasteiger partial charge in [-0.15, -0.1) is 0 Å². The minimum absolute atomic E-state index is 0.143. The van der Waals surface area contributed by atoms with Gasteiger partial charge >= 0.3 is 0 Å². The van der Waals surface area contributed by atoms with Crippen LogP contribution < -0.4 is 0 Å². The van der Waals surface area contributed by atoms with Crippen LogP contribution in [0.5, 0.6) is 0 Å². The molecule has 0 aliphatic carbocycles. The van der Waals surface area contributed by atoms with Gasteiger partial charge in [0.05, 0.1) is 11.6 Å². The van der Waals surface area contributed by atoms with Gasteiger partial charge in [-0.3, -0.25) is 0 Å². The second-order valence-electron chi connectivity index (χ2n) is 4.99. The Bertz CT molecular complexity index is 686. The normalized spacial score (nSPS) is 21.5. The molecule has 2 aromatic rings. The van der Waals surface area contributed by atoms with Crippen molar-refractivity contribution in [2.75, 3.05) is 0 Å². The van der Waals surface area contributed by atoms with E-state index in [1.54, 1.807) is 0 Å². The number of aliphatic hydroxyl groups is 1. The largest absolute Gasteiger partial charge is 0.463 e. The zero-order valence-corrected chi connectivity index (χ0v) is 11.4. The van der Waals surface area contributed by atoms with Crippen LogP contribution in [0.25, 0.3) is 5.76 Å². The van der Waals surface area contributed by atoms with Crippen molar-refractivity contribution in [1.29, 1.82) is 5.26 Å². The first-order chi connectivity index (χ1) is 10.3. The number of aliphatic hydroxyl groups excluding tert-OH is 1. The summed E-state index contributed by atoms with van der Waals surface area (Å²) in [5.74, 6) is 0.334. The number of nitriles is 1. The Labute approximate surface area is 123 Å². The number of nitrogens with zero attached hydrogens (tertiary/aromatic N) is 1. The highest BCUT2D eigenvalue weighted by Crippen LogP contribution is 2.39. The van der Waals surface area contributed by atoms with E-state index in [2.05, 4.69) is 6.07 Å². The number of benzene rings is 2. The van der Waals surface area contributed by atoms with Crippen LogP contribution in [0.15, 0.2) is 66.2 Å². The Kier molecular flexibility index (Phi) is 3.72. The Morgan fingerprint density at radius 3 is 2.24 bits per heavy atom. The average Bonchev–Trinajstić information content (AvgIpc) is 2.55. The summed E-state index contributed by atoms with van der Waals surface area (Å²) in [6, 6.07) is 21.5. The van der Waals surface area contributed by atoms with Crippen molar-refractivity contribution in [2.24, 2.45) is 0 Å². The fraction of sp³-hybridized carbons (Fsp3) is 0.167. The van der Waals surface area contributed by atoms with Crippen LogP contribution in [0.2, 0.25) is 0 Å². The van der Waals surface area contributed by atoms with Gasteiger partial charge < -0.3 is 9.84 Å². The van der Waals surface area contributed by atoms with E-state index < -0.39 is 6.29 Å². The van der Waals surface area contributed by atoms with Gasteiger partial charge in [0.2, 0.25) is 0 Å². The summed E-state index contributed by atoms with van der Waals surface area (Å²) in [6.45, 7) is 0. The van der Waals surface area contributed by atoms with Crippen molar-refractivity contribution < 1.29 is 9.84 Å². The van der Waals surface area contributed by atoms with E-state index in [1.807, 2.05) is 60.7 Å². The van der Waals surface area contributed by atoms with E-state index in [4.69, 9.17) is 4.74 Å². The van der Waals surface area contributed by atoms with Crippen LogP contribution >= 0.6 is 0 Å². The van der Waals surface area contributed by atoms with E-state index in [9.17, 15) is 10.4 Å². The molecule has 0 unspecified atom stereocenters. The third-order valence-corrected chi connectivity index (χ3v) is 3.64. The molecule has 21 heavy (non-hydrogen) atoms. The molecule has 1 heterocycles. The SMILES string of the molecule is N#CC1=C(c2ccccc2)O[C@H](O)C[C@@H]1c1ccccc1. The van der Waals surface area contributed by atoms with E-state index in [0.29, 0.717) is 17.8 Å². The summed E-state index contributed by atoms with van der Waals surface area (Å²) in [5, 5.41) is 19.6. The average molecular weight is 277 g/mol. The second-order valence-corrected chi connectivity index (χ2v) is 4.99. The molecule has 1 N–H and O–H groups in total. The van der Waals surface area contributed by atoms with Crippen molar-refractivity contribution in [1.82, 2.24) is 0 Å². The topological polar surface area (TPSA) is 53.2 Å².